The Kier molecular flexibility index (Phi) is 7.05. The van der Waals surface area contributed by atoms with E-state index in [-0.39, 0.29) is 37.6 Å². The first-order chi connectivity index (χ1) is 16.5. The lowest BCUT2D eigenvalue weighted by Crippen LogP contribution is -2.62. The van der Waals surface area contributed by atoms with Crippen LogP contribution in [0, 0.1) is 0 Å². The number of nitrogens with zero attached hydrogens (tertiary/aromatic N) is 5. The summed E-state index contributed by atoms with van der Waals surface area (Å²) in [5.41, 5.74) is -0.613. The van der Waals surface area contributed by atoms with Crippen molar-refractivity contribution in [1.82, 2.24) is 35.4 Å². The summed E-state index contributed by atoms with van der Waals surface area (Å²) in [5, 5.41) is 14.4. The number of alkyl carbamates (subject to hydrolysis) is 1. The highest BCUT2D eigenvalue weighted by Crippen LogP contribution is 2.31. The second-order valence-electron chi connectivity index (χ2n) is 10.7. The van der Waals surface area contributed by atoms with E-state index < -0.39 is 23.2 Å². The van der Waals surface area contributed by atoms with E-state index in [1.807, 2.05) is 14.0 Å². The van der Waals surface area contributed by atoms with E-state index in [0.717, 1.165) is 25.2 Å². The topological polar surface area (TPSA) is 131 Å². The van der Waals surface area contributed by atoms with Crippen molar-refractivity contribution >= 4 is 17.9 Å². The van der Waals surface area contributed by atoms with Crippen molar-refractivity contribution < 1.29 is 23.9 Å². The van der Waals surface area contributed by atoms with Crippen LogP contribution in [0.1, 0.15) is 57.8 Å². The van der Waals surface area contributed by atoms with Crippen molar-refractivity contribution in [2.75, 3.05) is 39.9 Å². The van der Waals surface area contributed by atoms with Gasteiger partial charge in [0, 0.05) is 38.7 Å². The normalized spacial score (nSPS) is 26.9. The smallest absolute Gasteiger partial charge is 0.408 e. The van der Waals surface area contributed by atoms with Crippen LogP contribution in [0.25, 0.3) is 0 Å². The van der Waals surface area contributed by atoms with Crippen molar-refractivity contribution in [1.29, 1.82) is 0 Å². The Morgan fingerprint density at radius 3 is 2.63 bits per heavy atom. The van der Waals surface area contributed by atoms with Crippen LogP contribution in [0.5, 0.6) is 0 Å². The SMILES string of the molecule is CCn1nnc2c1[C@H](C(=O)N[C@H]1CCN(C)C1)CN(C(=O)[C@]1(NC(=O)OC(C)(C)C)CCOC1)C2. The fraction of sp³-hybridized carbons (Fsp3) is 0.783. The Bertz CT molecular complexity index is 966. The molecule has 35 heavy (non-hydrogen) atoms. The predicted molar refractivity (Wildman–Crippen MR) is 125 cm³/mol. The van der Waals surface area contributed by atoms with Crippen molar-refractivity contribution in [2.24, 2.45) is 0 Å². The molecule has 0 spiro atoms. The third kappa shape index (κ3) is 5.43. The maximum absolute atomic E-state index is 13.8. The molecule has 0 aliphatic carbocycles. The number of carbonyl (C=O) groups excluding carboxylic acids is 3. The zero-order chi connectivity index (χ0) is 25.4. The highest BCUT2D eigenvalue weighted by molar-refractivity contribution is 5.92. The Morgan fingerprint density at radius 2 is 2.03 bits per heavy atom. The summed E-state index contributed by atoms with van der Waals surface area (Å²) in [6, 6.07) is 0.0661. The van der Waals surface area contributed by atoms with Crippen LogP contribution >= 0.6 is 0 Å². The second kappa shape index (κ2) is 9.73. The fourth-order valence-electron chi connectivity index (χ4n) is 5.04. The third-order valence-corrected chi connectivity index (χ3v) is 6.73. The number of ether oxygens (including phenoxy) is 2. The molecular formula is C23H37N7O5. The summed E-state index contributed by atoms with van der Waals surface area (Å²) in [7, 11) is 2.03. The van der Waals surface area contributed by atoms with Crippen LogP contribution in [-0.2, 0) is 32.2 Å². The molecule has 2 saturated heterocycles. The Hall–Kier alpha value is -2.73. The molecule has 3 amide bonds. The average Bonchev–Trinajstić information content (AvgIpc) is 3.51. The fourth-order valence-corrected chi connectivity index (χ4v) is 5.04. The first-order valence-corrected chi connectivity index (χ1v) is 12.3. The minimum absolute atomic E-state index is 0.0430. The van der Waals surface area contributed by atoms with Gasteiger partial charge in [-0.25, -0.2) is 9.48 Å². The second-order valence-corrected chi connectivity index (χ2v) is 10.7. The van der Waals surface area contributed by atoms with Crippen LogP contribution in [0.2, 0.25) is 0 Å². The lowest BCUT2D eigenvalue weighted by atomic mass is 9.92. The van der Waals surface area contributed by atoms with Gasteiger partial charge in [0.2, 0.25) is 5.91 Å². The molecule has 12 heteroatoms. The van der Waals surface area contributed by atoms with Crippen molar-refractivity contribution in [3.63, 3.8) is 0 Å². The average molecular weight is 492 g/mol. The molecule has 0 unspecified atom stereocenters. The minimum atomic E-state index is -1.25. The maximum atomic E-state index is 13.8. The van der Waals surface area contributed by atoms with Gasteiger partial charge in [0.25, 0.3) is 5.91 Å². The van der Waals surface area contributed by atoms with E-state index in [2.05, 4.69) is 25.8 Å². The van der Waals surface area contributed by atoms with Crippen LogP contribution in [0.4, 0.5) is 4.79 Å². The van der Waals surface area contributed by atoms with E-state index in [4.69, 9.17) is 9.47 Å². The molecule has 12 nitrogen and oxygen atoms in total. The number of likely N-dealkylation sites (tertiary alicyclic amines) is 1. The molecule has 0 bridgehead atoms. The molecule has 2 N–H and O–H groups in total. The van der Waals surface area contributed by atoms with Crippen molar-refractivity contribution in [3.05, 3.63) is 11.4 Å². The molecule has 4 rings (SSSR count). The van der Waals surface area contributed by atoms with E-state index in [1.165, 1.54) is 0 Å². The largest absolute Gasteiger partial charge is 0.444 e. The lowest BCUT2D eigenvalue weighted by molar-refractivity contribution is -0.140. The van der Waals surface area contributed by atoms with Crippen molar-refractivity contribution in [2.45, 2.75) is 76.7 Å². The first-order valence-electron chi connectivity index (χ1n) is 12.3. The number of likely N-dealkylation sites (N-methyl/N-ethyl adjacent to an activating group) is 1. The van der Waals surface area contributed by atoms with Gasteiger partial charge in [-0.15, -0.1) is 5.10 Å². The molecule has 1 aromatic heterocycles. The quantitative estimate of drug-likeness (QED) is 0.599. The standard InChI is InChI=1S/C23H37N7O5/c1-6-30-18-16(19(31)24-15-7-9-28(5)11-15)12-29(13-17(18)26-27-30)20(32)23(8-10-34-14-23)25-21(33)35-22(2,3)4/h15-16H,6-14H2,1-5H3,(H,24,31)(H,25,33)/t15-,16+,23-/m0/s1. The van der Waals surface area contributed by atoms with Crippen molar-refractivity contribution in [3.8, 4) is 0 Å². The molecule has 0 radical (unpaired) electrons. The maximum Gasteiger partial charge on any atom is 0.408 e. The Morgan fingerprint density at radius 1 is 1.26 bits per heavy atom. The highest BCUT2D eigenvalue weighted by Gasteiger charge is 2.49. The summed E-state index contributed by atoms with van der Waals surface area (Å²) >= 11 is 0. The minimum Gasteiger partial charge on any atom is -0.444 e. The van der Waals surface area contributed by atoms with E-state index >= 15 is 0 Å². The van der Waals surface area contributed by atoms with Gasteiger partial charge in [-0.2, -0.15) is 0 Å². The third-order valence-electron chi connectivity index (χ3n) is 6.73. The molecule has 2 fully saturated rings. The molecule has 194 valence electrons. The Balaban J connectivity index is 1.56. The summed E-state index contributed by atoms with van der Waals surface area (Å²) in [6.45, 7) is 10.3. The van der Waals surface area contributed by atoms with Gasteiger partial charge in [-0.05, 0) is 47.7 Å². The van der Waals surface area contributed by atoms with Gasteiger partial charge in [0.1, 0.15) is 16.8 Å². The van der Waals surface area contributed by atoms with Gasteiger partial charge in [-0.3, -0.25) is 9.59 Å². The van der Waals surface area contributed by atoms with Crippen LogP contribution < -0.4 is 10.6 Å². The molecule has 0 saturated carbocycles. The molecule has 3 atom stereocenters. The number of aromatic nitrogens is 3. The van der Waals surface area contributed by atoms with Gasteiger partial charge in [0.15, 0.2) is 0 Å². The number of rotatable bonds is 5. The van der Waals surface area contributed by atoms with Gasteiger partial charge < -0.3 is 29.9 Å². The number of aryl methyl sites for hydroxylation is 1. The van der Waals surface area contributed by atoms with Crippen LogP contribution in [0.3, 0.4) is 0 Å². The summed E-state index contributed by atoms with van der Waals surface area (Å²) in [6.07, 6.45) is 0.530. The first kappa shape index (κ1) is 25.4. The van der Waals surface area contributed by atoms with E-state index in [9.17, 15) is 14.4 Å². The number of nitrogens with one attached hydrogen (secondary N) is 2. The van der Waals surface area contributed by atoms with Gasteiger partial charge in [0.05, 0.1) is 24.8 Å². The molecule has 0 aromatic carbocycles. The number of carbonyl (C=O) groups is 3. The van der Waals surface area contributed by atoms with E-state index in [1.54, 1.807) is 30.4 Å². The monoisotopic (exact) mass is 491 g/mol. The molecule has 3 aliphatic heterocycles. The summed E-state index contributed by atoms with van der Waals surface area (Å²) < 4.78 is 12.7. The lowest BCUT2D eigenvalue weighted by Gasteiger charge is -2.38. The number of hydrogen-bond acceptors (Lipinski definition) is 8. The highest BCUT2D eigenvalue weighted by atomic mass is 16.6. The zero-order valence-electron chi connectivity index (χ0n) is 21.3. The summed E-state index contributed by atoms with van der Waals surface area (Å²) in [4.78, 5) is 43.6. The molecule has 1 aromatic rings. The van der Waals surface area contributed by atoms with Crippen LogP contribution in [0.15, 0.2) is 0 Å². The summed E-state index contributed by atoms with van der Waals surface area (Å²) in [5.74, 6) is -1.06. The molecular weight excluding hydrogens is 454 g/mol. The Labute approximate surface area is 205 Å². The van der Waals surface area contributed by atoms with Gasteiger partial charge >= 0.3 is 6.09 Å². The van der Waals surface area contributed by atoms with Crippen LogP contribution in [-0.4, -0.2) is 99.8 Å². The molecule has 4 heterocycles. The van der Waals surface area contributed by atoms with Gasteiger partial charge in [-0.1, -0.05) is 5.21 Å². The number of amides is 3. The zero-order valence-corrected chi connectivity index (χ0v) is 21.3. The predicted octanol–water partition coefficient (Wildman–Crippen LogP) is 0.228. The number of fused-ring (bicyclic) bond motifs is 1. The molecule has 3 aliphatic rings. The number of hydrogen-bond donors (Lipinski definition) is 2. The van der Waals surface area contributed by atoms with E-state index in [0.29, 0.717) is 25.3 Å².